The van der Waals surface area contributed by atoms with E-state index in [0.717, 1.165) is 19.3 Å². The molecule has 0 heterocycles. The average molecular weight is 154 g/mol. The highest BCUT2D eigenvalue weighted by Crippen LogP contribution is 2.10. The van der Waals surface area contributed by atoms with Crippen molar-refractivity contribution in [1.82, 2.24) is 0 Å². The molecule has 1 N–H and O–H groups in total. The molecule has 0 aliphatic rings. The molecule has 0 aromatic rings. The number of aliphatic hydroxyl groups is 1. The highest BCUT2D eigenvalue weighted by atomic mass is 16.2. The summed E-state index contributed by atoms with van der Waals surface area (Å²) in [6.45, 7) is 6.60. The van der Waals surface area contributed by atoms with E-state index in [1.807, 2.05) is 0 Å². The Bertz CT molecular complexity index is 142. The molecule has 0 unspecified atom stereocenters. The van der Waals surface area contributed by atoms with Gasteiger partial charge in [-0.3, -0.25) is 0 Å². The smallest absolute Gasteiger partial charge is 0.0431 e. The molecular formula is C10H18O. The molecule has 0 aliphatic heterocycles. The maximum atomic E-state index is 8.48. The van der Waals surface area contributed by atoms with Crippen molar-refractivity contribution < 1.29 is 5.11 Å². The molecule has 0 saturated carbocycles. The van der Waals surface area contributed by atoms with Crippen molar-refractivity contribution in [3.8, 4) is 11.8 Å². The molecule has 0 rings (SSSR count). The van der Waals surface area contributed by atoms with Crippen molar-refractivity contribution in [3.63, 3.8) is 0 Å². The van der Waals surface area contributed by atoms with Gasteiger partial charge in [-0.2, -0.15) is 0 Å². The van der Waals surface area contributed by atoms with Gasteiger partial charge in [-0.1, -0.05) is 5.92 Å². The molecule has 64 valence electrons. The Balaban J connectivity index is 3.41. The fraction of sp³-hybridized carbons (Fsp3) is 0.800. The van der Waals surface area contributed by atoms with E-state index in [4.69, 9.17) is 5.11 Å². The second-order valence-electron chi connectivity index (χ2n) is 3.73. The van der Waals surface area contributed by atoms with Crippen LogP contribution < -0.4 is 0 Å². The molecule has 0 spiro atoms. The van der Waals surface area contributed by atoms with Crippen molar-refractivity contribution in [2.75, 3.05) is 6.61 Å². The van der Waals surface area contributed by atoms with E-state index >= 15 is 0 Å². The fourth-order valence-corrected chi connectivity index (χ4v) is 0.653. The first kappa shape index (κ1) is 10.5. The van der Waals surface area contributed by atoms with Crippen molar-refractivity contribution in [2.24, 2.45) is 5.41 Å². The first-order chi connectivity index (χ1) is 5.06. The van der Waals surface area contributed by atoms with E-state index in [-0.39, 0.29) is 12.0 Å². The van der Waals surface area contributed by atoms with Crippen LogP contribution in [0.4, 0.5) is 0 Å². The maximum absolute atomic E-state index is 8.48. The lowest BCUT2D eigenvalue weighted by Gasteiger charge is -2.06. The van der Waals surface area contributed by atoms with Gasteiger partial charge >= 0.3 is 0 Å². The van der Waals surface area contributed by atoms with E-state index in [2.05, 4.69) is 32.6 Å². The SMILES string of the molecule is CC(C)(C)C#CCCCCO. The molecule has 0 amide bonds. The first-order valence-corrected chi connectivity index (χ1v) is 4.17. The van der Waals surface area contributed by atoms with Gasteiger partial charge in [0.1, 0.15) is 0 Å². The third kappa shape index (κ3) is 9.52. The Morgan fingerprint density at radius 1 is 1.18 bits per heavy atom. The molecule has 0 bridgehead atoms. The van der Waals surface area contributed by atoms with E-state index in [9.17, 15) is 0 Å². The van der Waals surface area contributed by atoms with Crippen LogP contribution in [0.25, 0.3) is 0 Å². The van der Waals surface area contributed by atoms with Crippen LogP contribution in [0.3, 0.4) is 0 Å². The van der Waals surface area contributed by atoms with Crippen LogP contribution in [0.5, 0.6) is 0 Å². The quantitative estimate of drug-likeness (QED) is 0.488. The molecule has 1 heteroatoms. The third-order valence-corrected chi connectivity index (χ3v) is 1.17. The van der Waals surface area contributed by atoms with Crippen LogP contribution in [-0.4, -0.2) is 11.7 Å². The number of aliphatic hydroxyl groups excluding tert-OH is 1. The zero-order valence-electron chi connectivity index (χ0n) is 7.78. The van der Waals surface area contributed by atoms with Gasteiger partial charge in [0.15, 0.2) is 0 Å². The predicted octanol–water partition coefficient (Wildman–Crippen LogP) is 2.20. The molecule has 0 radical (unpaired) electrons. The number of hydrogen-bond acceptors (Lipinski definition) is 1. The average Bonchev–Trinajstić information content (AvgIpc) is 1.85. The Kier molecular flexibility index (Phi) is 4.98. The Hall–Kier alpha value is -0.480. The minimum atomic E-state index is 0.124. The highest BCUT2D eigenvalue weighted by Gasteiger charge is 2.02. The zero-order chi connectivity index (χ0) is 8.74. The summed E-state index contributed by atoms with van der Waals surface area (Å²) >= 11 is 0. The van der Waals surface area contributed by atoms with Crippen LogP contribution in [0.1, 0.15) is 40.0 Å². The minimum absolute atomic E-state index is 0.124. The largest absolute Gasteiger partial charge is 0.396 e. The van der Waals surface area contributed by atoms with Gasteiger partial charge < -0.3 is 5.11 Å². The summed E-state index contributed by atoms with van der Waals surface area (Å²) in [6.07, 6.45) is 2.80. The molecule has 0 aliphatic carbocycles. The lowest BCUT2D eigenvalue weighted by Crippen LogP contribution is -1.99. The van der Waals surface area contributed by atoms with Gasteiger partial charge in [-0.25, -0.2) is 0 Å². The molecule has 0 aromatic carbocycles. The van der Waals surface area contributed by atoms with Crippen molar-refractivity contribution in [3.05, 3.63) is 0 Å². The third-order valence-electron chi connectivity index (χ3n) is 1.17. The van der Waals surface area contributed by atoms with Crippen molar-refractivity contribution >= 4 is 0 Å². The van der Waals surface area contributed by atoms with Gasteiger partial charge in [-0.05, 0) is 33.6 Å². The normalized spacial score (nSPS) is 10.5. The molecule has 0 atom stereocenters. The summed E-state index contributed by atoms with van der Waals surface area (Å²) in [7, 11) is 0. The van der Waals surface area contributed by atoms with E-state index in [0.29, 0.717) is 0 Å². The van der Waals surface area contributed by atoms with Crippen molar-refractivity contribution in [2.45, 2.75) is 40.0 Å². The summed E-state index contributed by atoms with van der Waals surface area (Å²) in [6, 6.07) is 0. The molecule has 0 aromatic heterocycles. The van der Waals surface area contributed by atoms with Crippen LogP contribution in [0.2, 0.25) is 0 Å². The van der Waals surface area contributed by atoms with Crippen LogP contribution in [-0.2, 0) is 0 Å². The Morgan fingerprint density at radius 2 is 1.82 bits per heavy atom. The topological polar surface area (TPSA) is 20.2 Å². The molecule has 1 nitrogen and oxygen atoms in total. The Labute approximate surface area is 69.8 Å². The van der Waals surface area contributed by atoms with Gasteiger partial charge in [0.2, 0.25) is 0 Å². The minimum Gasteiger partial charge on any atom is -0.396 e. The lowest BCUT2D eigenvalue weighted by molar-refractivity contribution is 0.285. The summed E-state index contributed by atoms with van der Waals surface area (Å²) < 4.78 is 0. The standard InChI is InChI=1S/C10H18O/c1-10(2,3)8-6-4-5-7-9-11/h11H,4-5,7,9H2,1-3H3. The van der Waals surface area contributed by atoms with Crippen LogP contribution >= 0.6 is 0 Å². The summed E-state index contributed by atoms with van der Waals surface area (Å²) in [5.41, 5.74) is 0.124. The lowest BCUT2D eigenvalue weighted by atomic mass is 9.98. The van der Waals surface area contributed by atoms with Crippen LogP contribution in [0, 0.1) is 17.3 Å². The summed E-state index contributed by atoms with van der Waals surface area (Å²) in [4.78, 5) is 0. The Morgan fingerprint density at radius 3 is 2.27 bits per heavy atom. The number of unbranched alkanes of at least 4 members (excludes halogenated alkanes) is 2. The second-order valence-corrected chi connectivity index (χ2v) is 3.73. The van der Waals surface area contributed by atoms with E-state index < -0.39 is 0 Å². The number of rotatable bonds is 3. The molecular weight excluding hydrogens is 136 g/mol. The maximum Gasteiger partial charge on any atom is 0.0431 e. The van der Waals surface area contributed by atoms with Gasteiger partial charge in [0, 0.05) is 18.4 Å². The fourth-order valence-electron chi connectivity index (χ4n) is 0.653. The predicted molar refractivity (Wildman–Crippen MR) is 48.2 cm³/mol. The van der Waals surface area contributed by atoms with Crippen LogP contribution in [0.15, 0.2) is 0 Å². The van der Waals surface area contributed by atoms with E-state index in [1.165, 1.54) is 0 Å². The number of hydrogen-bond donors (Lipinski definition) is 1. The molecule has 11 heavy (non-hydrogen) atoms. The summed E-state index contributed by atoms with van der Waals surface area (Å²) in [5.74, 6) is 6.25. The first-order valence-electron chi connectivity index (χ1n) is 4.17. The van der Waals surface area contributed by atoms with Gasteiger partial charge in [0.25, 0.3) is 0 Å². The molecule has 0 fully saturated rings. The van der Waals surface area contributed by atoms with Gasteiger partial charge in [-0.15, -0.1) is 5.92 Å². The summed E-state index contributed by atoms with van der Waals surface area (Å²) in [5, 5.41) is 8.48. The molecule has 0 saturated heterocycles. The zero-order valence-corrected chi connectivity index (χ0v) is 7.78. The highest BCUT2D eigenvalue weighted by molar-refractivity contribution is 5.06. The monoisotopic (exact) mass is 154 g/mol. The van der Waals surface area contributed by atoms with E-state index in [1.54, 1.807) is 0 Å². The van der Waals surface area contributed by atoms with Crippen molar-refractivity contribution in [1.29, 1.82) is 0 Å². The van der Waals surface area contributed by atoms with Gasteiger partial charge in [0.05, 0.1) is 0 Å². The second kappa shape index (κ2) is 5.21.